The van der Waals surface area contributed by atoms with Gasteiger partial charge in [0, 0.05) is 32.5 Å². The van der Waals surface area contributed by atoms with Crippen molar-refractivity contribution >= 4 is 5.95 Å². The number of aryl methyl sites for hydroxylation is 1. The van der Waals surface area contributed by atoms with Gasteiger partial charge in [-0.05, 0) is 32.6 Å². The summed E-state index contributed by atoms with van der Waals surface area (Å²) in [7, 11) is 1.74. The number of imidazole rings is 1. The van der Waals surface area contributed by atoms with E-state index in [1.165, 1.54) is 19.3 Å². The predicted octanol–water partition coefficient (Wildman–Crippen LogP) is 2.36. The third-order valence-corrected chi connectivity index (χ3v) is 3.13. The maximum atomic E-state index is 5.03. The van der Waals surface area contributed by atoms with Crippen LogP contribution in [0.3, 0.4) is 0 Å². The van der Waals surface area contributed by atoms with Gasteiger partial charge in [0.1, 0.15) is 0 Å². The summed E-state index contributed by atoms with van der Waals surface area (Å²) in [6, 6.07) is 0.672. The van der Waals surface area contributed by atoms with E-state index >= 15 is 0 Å². The van der Waals surface area contributed by atoms with Gasteiger partial charge >= 0.3 is 0 Å². The van der Waals surface area contributed by atoms with Crippen molar-refractivity contribution in [1.82, 2.24) is 9.55 Å². The van der Waals surface area contributed by atoms with Crippen LogP contribution in [0, 0.1) is 6.92 Å². The standard InChI is InChI=1S/C12H21N3O/c1-10-9-15(11-5-3-6-11)12(14-10)13-7-4-8-16-2/h9,11H,3-8H2,1-2H3,(H,13,14). The lowest BCUT2D eigenvalue weighted by molar-refractivity contribution is 0.197. The lowest BCUT2D eigenvalue weighted by Gasteiger charge is -2.28. The first kappa shape index (κ1) is 11.5. The molecule has 0 unspecified atom stereocenters. The summed E-state index contributed by atoms with van der Waals surface area (Å²) >= 11 is 0. The van der Waals surface area contributed by atoms with Crippen LogP contribution in [0.5, 0.6) is 0 Å². The van der Waals surface area contributed by atoms with E-state index in [9.17, 15) is 0 Å². The third-order valence-electron chi connectivity index (χ3n) is 3.13. The largest absolute Gasteiger partial charge is 0.385 e. The van der Waals surface area contributed by atoms with Crippen molar-refractivity contribution in [3.63, 3.8) is 0 Å². The van der Waals surface area contributed by atoms with Gasteiger partial charge in [-0.2, -0.15) is 0 Å². The van der Waals surface area contributed by atoms with E-state index in [4.69, 9.17) is 4.74 Å². The molecule has 2 rings (SSSR count). The Balaban J connectivity index is 1.91. The monoisotopic (exact) mass is 223 g/mol. The highest BCUT2D eigenvalue weighted by Crippen LogP contribution is 2.33. The minimum Gasteiger partial charge on any atom is -0.385 e. The van der Waals surface area contributed by atoms with Gasteiger partial charge in [-0.1, -0.05) is 0 Å². The highest BCUT2D eigenvalue weighted by molar-refractivity contribution is 5.29. The van der Waals surface area contributed by atoms with E-state index in [0.717, 1.165) is 31.2 Å². The quantitative estimate of drug-likeness (QED) is 0.752. The molecular weight excluding hydrogens is 202 g/mol. The lowest BCUT2D eigenvalue weighted by Crippen LogP contribution is -2.19. The van der Waals surface area contributed by atoms with Crippen LogP contribution >= 0.6 is 0 Å². The van der Waals surface area contributed by atoms with Crippen molar-refractivity contribution in [2.45, 2.75) is 38.6 Å². The summed E-state index contributed by atoms with van der Waals surface area (Å²) in [6.07, 6.45) is 7.12. The normalized spacial score (nSPS) is 16.1. The molecule has 1 saturated carbocycles. The molecule has 1 aliphatic rings. The van der Waals surface area contributed by atoms with Gasteiger partial charge in [0.25, 0.3) is 0 Å². The third kappa shape index (κ3) is 2.55. The zero-order valence-corrected chi connectivity index (χ0v) is 10.2. The van der Waals surface area contributed by atoms with Gasteiger partial charge in [0.05, 0.1) is 5.69 Å². The average molecular weight is 223 g/mol. The molecule has 0 atom stereocenters. The van der Waals surface area contributed by atoms with Crippen molar-refractivity contribution in [3.8, 4) is 0 Å². The molecule has 1 heterocycles. The molecule has 1 aromatic heterocycles. The molecule has 0 aliphatic heterocycles. The second-order valence-corrected chi connectivity index (χ2v) is 4.47. The molecule has 90 valence electrons. The molecule has 0 saturated heterocycles. The van der Waals surface area contributed by atoms with Crippen LogP contribution in [0.4, 0.5) is 5.95 Å². The fraction of sp³-hybridized carbons (Fsp3) is 0.750. The van der Waals surface area contributed by atoms with Crippen LogP contribution in [-0.4, -0.2) is 29.8 Å². The number of methoxy groups -OCH3 is 1. The van der Waals surface area contributed by atoms with Crippen LogP contribution < -0.4 is 5.32 Å². The molecule has 4 nitrogen and oxygen atoms in total. The van der Waals surface area contributed by atoms with Crippen LogP contribution in [-0.2, 0) is 4.74 Å². The molecule has 0 spiro atoms. The average Bonchev–Trinajstić information content (AvgIpc) is 2.52. The summed E-state index contributed by atoms with van der Waals surface area (Å²) < 4.78 is 7.33. The van der Waals surface area contributed by atoms with Crippen LogP contribution in [0.15, 0.2) is 6.20 Å². The van der Waals surface area contributed by atoms with Crippen molar-refractivity contribution in [2.24, 2.45) is 0 Å². The van der Waals surface area contributed by atoms with Crippen molar-refractivity contribution < 1.29 is 4.74 Å². The molecule has 0 bridgehead atoms. The Kier molecular flexibility index (Phi) is 3.83. The molecule has 0 amide bonds. The molecule has 0 radical (unpaired) electrons. The Hall–Kier alpha value is -1.03. The Morgan fingerprint density at radius 1 is 1.56 bits per heavy atom. The summed E-state index contributed by atoms with van der Waals surface area (Å²) in [5.41, 5.74) is 1.10. The molecule has 1 fully saturated rings. The SMILES string of the molecule is COCCCNc1nc(C)cn1C1CCC1. The summed E-state index contributed by atoms with van der Waals surface area (Å²) in [5, 5.41) is 3.39. The highest BCUT2D eigenvalue weighted by atomic mass is 16.5. The Labute approximate surface area is 97.0 Å². The van der Waals surface area contributed by atoms with Crippen LogP contribution in [0.25, 0.3) is 0 Å². The number of nitrogens with one attached hydrogen (secondary N) is 1. The van der Waals surface area contributed by atoms with E-state index < -0.39 is 0 Å². The van der Waals surface area contributed by atoms with E-state index in [2.05, 4.69) is 28.0 Å². The molecular formula is C12H21N3O. The summed E-state index contributed by atoms with van der Waals surface area (Å²) in [5.74, 6) is 1.03. The lowest BCUT2D eigenvalue weighted by atomic mass is 9.93. The van der Waals surface area contributed by atoms with E-state index in [1.807, 2.05) is 0 Å². The maximum Gasteiger partial charge on any atom is 0.203 e. The van der Waals surface area contributed by atoms with Crippen molar-refractivity contribution in [1.29, 1.82) is 0 Å². The number of hydrogen-bond donors (Lipinski definition) is 1. The fourth-order valence-corrected chi connectivity index (χ4v) is 2.01. The highest BCUT2D eigenvalue weighted by Gasteiger charge is 2.22. The van der Waals surface area contributed by atoms with Gasteiger partial charge in [-0.3, -0.25) is 0 Å². The zero-order valence-electron chi connectivity index (χ0n) is 10.2. The van der Waals surface area contributed by atoms with Gasteiger partial charge in [0.15, 0.2) is 0 Å². The summed E-state index contributed by atoms with van der Waals surface area (Å²) in [4.78, 5) is 4.52. The van der Waals surface area contributed by atoms with Crippen molar-refractivity contribution in [2.75, 3.05) is 25.6 Å². The zero-order chi connectivity index (χ0) is 11.4. The number of aromatic nitrogens is 2. The minimum absolute atomic E-state index is 0.672. The number of anilines is 1. The Morgan fingerprint density at radius 2 is 2.38 bits per heavy atom. The van der Waals surface area contributed by atoms with E-state index in [1.54, 1.807) is 7.11 Å². The molecule has 16 heavy (non-hydrogen) atoms. The Morgan fingerprint density at radius 3 is 3.00 bits per heavy atom. The molecule has 0 aromatic carbocycles. The topological polar surface area (TPSA) is 39.1 Å². The first-order valence-electron chi connectivity index (χ1n) is 6.09. The second kappa shape index (κ2) is 5.34. The van der Waals surface area contributed by atoms with E-state index in [-0.39, 0.29) is 0 Å². The van der Waals surface area contributed by atoms with Gasteiger partial charge in [0.2, 0.25) is 5.95 Å². The number of ether oxygens (including phenoxy) is 1. The number of nitrogens with zero attached hydrogens (tertiary/aromatic N) is 2. The van der Waals surface area contributed by atoms with E-state index in [0.29, 0.717) is 6.04 Å². The predicted molar refractivity (Wildman–Crippen MR) is 64.8 cm³/mol. The molecule has 1 aliphatic carbocycles. The molecule has 1 N–H and O–H groups in total. The smallest absolute Gasteiger partial charge is 0.203 e. The first-order valence-corrected chi connectivity index (χ1v) is 6.09. The van der Waals surface area contributed by atoms with Crippen LogP contribution in [0.2, 0.25) is 0 Å². The fourth-order valence-electron chi connectivity index (χ4n) is 2.01. The Bertz CT molecular complexity index is 331. The number of rotatable bonds is 6. The summed E-state index contributed by atoms with van der Waals surface area (Å²) in [6.45, 7) is 3.78. The van der Waals surface area contributed by atoms with Gasteiger partial charge < -0.3 is 14.6 Å². The maximum absolute atomic E-state index is 5.03. The molecule has 4 heteroatoms. The first-order chi connectivity index (χ1) is 7.81. The van der Waals surface area contributed by atoms with Crippen LogP contribution in [0.1, 0.15) is 37.4 Å². The van der Waals surface area contributed by atoms with Crippen molar-refractivity contribution in [3.05, 3.63) is 11.9 Å². The van der Waals surface area contributed by atoms with Gasteiger partial charge in [-0.15, -0.1) is 0 Å². The van der Waals surface area contributed by atoms with Gasteiger partial charge in [-0.25, -0.2) is 4.98 Å². The number of hydrogen-bond acceptors (Lipinski definition) is 3. The molecule has 1 aromatic rings. The minimum atomic E-state index is 0.672. The second-order valence-electron chi connectivity index (χ2n) is 4.47.